The maximum Gasteiger partial charge on any atom is 0.282 e. The highest BCUT2D eigenvalue weighted by Crippen LogP contribution is 2.27. The number of aromatic nitrogens is 2. The second-order valence-corrected chi connectivity index (χ2v) is 6.17. The molecule has 19 heavy (non-hydrogen) atoms. The van der Waals surface area contributed by atoms with E-state index in [-0.39, 0.29) is 5.56 Å². The van der Waals surface area contributed by atoms with Crippen molar-refractivity contribution in [1.82, 2.24) is 9.78 Å². The van der Waals surface area contributed by atoms with Gasteiger partial charge in [0.25, 0.3) is 5.56 Å². The van der Waals surface area contributed by atoms with Gasteiger partial charge in [0.15, 0.2) is 0 Å². The van der Waals surface area contributed by atoms with E-state index in [2.05, 4.69) is 26.3 Å². The number of halogens is 1. The van der Waals surface area contributed by atoms with E-state index in [9.17, 15) is 4.79 Å². The number of rotatable bonds is 5. The Morgan fingerprint density at radius 1 is 1.42 bits per heavy atom. The number of nitrogens with zero attached hydrogens (tertiary/aromatic N) is 2. The Morgan fingerprint density at radius 3 is 2.89 bits per heavy atom. The molecule has 1 aromatic rings. The molecule has 0 atom stereocenters. The number of hydrogen-bond donors (Lipinski definition) is 1. The number of anilines is 1. The number of aryl methyl sites for hydroxylation is 1. The zero-order valence-electron chi connectivity index (χ0n) is 11.5. The fourth-order valence-corrected chi connectivity index (χ4v) is 3.22. The lowest BCUT2D eigenvalue weighted by Gasteiger charge is -2.21. The molecule has 2 rings (SSSR count). The average molecular weight is 328 g/mol. The quantitative estimate of drug-likeness (QED) is 0.844. The largest absolute Gasteiger partial charge is 0.383 e. The van der Waals surface area contributed by atoms with E-state index in [1.165, 1.54) is 43.2 Å². The second-order valence-electron chi connectivity index (χ2n) is 5.37. The van der Waals surface area contributed by atoms with Crippen LogP contribution in [0.3, 0.4) is 0 Å². The van der Waals surface area contributed by atoms with Gasteiger partial charge < -0.3 is 5.32 Å². The van der Waals surface area contributed by atoms with E-state index in [1.807, 2.05) is 0 Å². The van der Waals surface area contributed by atoms with Crippen LogP contribution in [0.15, 0.2) is 15.5 Å². The Kier molecular flexibility index (Phi) is 5.43. The fourth-order valence-electron chi connectivity index (χ4n) is 2.72. The van der Waals surface area contributed by atoms with Crippen LogP contribution in [-0.4, -0.2) is 16.3 Å². The molecule has 1 aliphatic carbocycles. The molecule has 106 valence electrons. The topological polar surface area (TPSA) is 46.9 Å². The first-order valence-corrected chi connectivity index (χ1v) is 7.93. The van der Waals surface area contributed by atoms with Crippen molar-refractivity contribution in [3.8, 4) is 0 Å². The molecule has 0 spiro atoms. The average Bonchev–Trinajstić information content (AvgIpc) is 2.44. The number of hydrogen-bond acceptors (Lipinski definition) is 3. The van der Waals surface area contributed by atoms with Crippen molar-refractivity contribution in [2.75, 3.05) is 11.9 Å². The Balaban J connectivity index is 1.76. The minimum atomic E-state index is -0.0997. The summed E-state index contributed by atoms with van der Waals surface area (Å²) in [4.78, 5) is 11.7. The third kappa shape index (κ3) is 4.06. The molecule has 0 saturated heterocycles. The molecule has 1 saturated carbocycles. The molecule has 1 aliphatic rings. The van der Waals surface area contributed by atoms with E-state index >= 15 is 0 Å². The van der Waals surface area contributed by atoms with Gasteiger partial charge in [-0.15, -0.1) is 0 Å². The minimum Gasteiger partial charge on any atom is -0.383 e. The summed E-state index contributed by atoms with van der Waals surface area (Å²) in [6.07, 6.45) is 11.2. The first-order valence-electron chi connectivity index (χ1n) is 7.14. The number of nitrogens with one attached hydrogen (secondary N) is 1. The van der Waals surface area contributed by atoms with E-state index in [4.69, 9.17) is 0 Å². The molecule has 0 aromatic carbocycles. The second kappa shape index (κ2) is 7.08. The zero-order valence-corrected chi connectivity index (χ0v) is 13.1. The zero-order chi connectivity index (χ0) is 13.7. The maximum absolute atomic E-state index is 11.7. The summed E-state index contributed by atoms with van der Waals surface area (Å²) in [5.41, 5.74) is 0.698. The molecule has 5 heteroatoms. The highest BCUT2D eigenvalue weighted by atomic mass is 79.9. The normalized spacial score (nSPS) is 16.5. The monoisotopic (exact) mass is 327 g/mol. The van der Waals surface area contributed by atoms with Gasteiger partial charge >= 0.3 is 0 Å². The molecule has 1 aromatic heterocycles. The molecule has 1 N–H and O–H groups in total. The lowest BCUT2D eigenvalue weighted by molar-refractivity contribution is 0.335. The smallest absolute Gasteiger partial charge is 0.282 e. The SMILES string of the molecule is Cn1ncc(NCCCC2CCCCC2)c(Br)c1=O. The van der Waals surface area contributed by atoms with Crippen LogP contribution in [0.25, 0.3) is 0 Å². The molecular formula is C14H22BrN3O. The predicted octanol–water partition coefficient (Wildman–Crippen LogP) is 3.32. The van der Waals surface area contributed by atoms with Crippen molar-refractivity contribution in [1.29, 1.82) is 0 Å². The van der Waals surface area contributed by atoms with Crippen molar-refractivity contribution in [3.05, 3.63) is 21.0 Å². The molecule has 0 unspecified atom stereocenters. The Morgan fingerprint density at radius 2 is 2.16 bits per heavy atom. The summed E-state index contributed by atoms with van der Waals surface area (Å²) >= 11 is 3.32. The van der Waals surface area contributed by atoms with Gasteiger partial charge in [-0.2, -0.15) is 5.10 Å². The van der Waals surface area contributed by atoms with Gasteiger partial charge in [-0.1, -0.05) is 32.1 Å². The third-order valence-electron chi connectivity index (χ3n) is 3.91. The van der Waals surface area contributed by atoms with E-state index in [0.717, 1.165) is 24.6 Å². The van der Waals surface area contributed by atoms with Gasteiger partial charge in [0.05, 0.1) is 11.9 Å². The standard InChI is InChI=1S/C14H22BrN3O/c1-18-14(19)13(15)12(10-17-18)16-9-5-8-11-6-3-2-4-7-11/h10-11,16H,2-9H2,1H3. The molecule has 0 radical (unpaired) electrons. The van der Waals surface area contributed by atoms with Crippen LogP contribution in [0.4, 0.5) is 5.69 Å². The molecule has 0 aliphatic heterocycles. The highest BCUT2D eigenvalue weighted by Gasteiger charge is 2.12. The predicted molar refractivity (Wildman–Crippen MR) is 81.5 cm³/mol. The summed E-state index contributed by atoms with van der Waals surface area (Å²) in [7, 11) is 1.65. The van der Waals surface area contributed by atoms with Crippen LogP contribution in [0.1, 0.15) is 44.9 Å². The van der Waals surface area contributed by atoms with Gasteiger partial charge in [-0.25, -0.2) is 4.68 Å². The van der Waals surface area contributed by atoms with Crippen molar-refractivity contribution in [2.24, 2.45) is 13.0 Å². The third-order valence-corrected chi connectivity index (χ3v) is 4.67. The summed E-state index contributed by atoms with van der Waals surface area (Å²) in [5.74, 6) is 0.917. The van der Waals surface area contributed by atoms with Crippen LogP contribution in [-0.2, 0) is 7.05 Å². The van der Waals surface area contributed by atoms with Gasteiger partial charge in [-0.3, -0.25) is 4.79 Å². The molecule has 0 amide bonds. The van der Waals surface area contributed by atoms with Crippen LogP contribution >= 0.6 is 15.9 Å². The Labute approximate surface area is 122 Å². The molecule has 1 fully saturated rings. The summed E-state index contributed by atoms with van der Waals surface area (Å²) in [5, 5.41) is 7.32. The Hall–Kier alpha value is -0.840. The summed E-state index contributed by atoms with van der Waals surface area (Å²) in [6, 6.07) is 0. The first kappa shape index (κ1) is 14.6. The molecule has 4 nitrogen and oxygen atoms in total. The molecule has 0 bridgehead atoms. The summed E-state index contributed by atoms with van der Waals surface area (Å²) in [6.45, 7) is 0.907. The van der Waals surface area contributed by atoms with E-state index in [0.29, 0.717) is 4.47 Å². The first-order chi connectivity index (χ1) is 9.18. The van der Waals surface area contributed by atoms with Crippen LogP contribution in [0.5, 0.6) is 0 Å². The van der Waals surface area contributed by atoms with E-state index < -0.39 is 0 Å². The van der Waals surface area contributed by atoms with Crippen molar-refractivity contribution < 1.29 is 0 Å². The fraction of sp³-hybridized carbons (Fsp3) is 0.714. The lowest BCUT2D eigenvalue weighted by atomic mass is 9.86. The Bertz CT molecular complexity index is 466. The highest BCUT2D eigenvalue weighted by molar-refractivity contribution is 9.10. The van der Waals surface area contributed by atoms with Crippen molar-refractivity contribution >= 4 is 21.6 Å². The van der Waals surface area contributed by atoms with Gasteiger partial charge in [0, 0.05) is 13.6 Å². The molecule has 1 heterocycles. The van der Waals surface area contributed by atoms with Crippen molar-refractivity contribution in [3.63, 3.8) is 0 Å². The van der Waals surface area contributed by atoms with Crippen LogP contribution in [0.2, 0.25) is 0 Å². The van der Waals surface area contributed by atoms with Crippen LogP contribution < -0.4 is 10.9 Å². The van der Waals surface area contributed by atoms with Gasteiger partial charge in [0.1, 0.15) is 4.47 Å². The minimum absolute atomic E-state index is 0.0997. The van der Waals surface area contributed by atoms with Crippen LogP contribution in [0, 0.1) is 5.92 Å². The lowest BCUT2D eigenvalue weighted by Crippen LogP contribution is -2.21. The van der Waals surface area contributed by atoms with Gasteiger partial charge in [0.2, 0.25) is 0 Å². The summed E-state index contributed by atoms with van der Waals surface area (Å²) < 4.78 is 1.90. The molecular weight excluding hydrogens is 306 g/mol. The van der Waals surface area contributed by atoms with Gasteiger partial charge in [-0.05, 0) is 34.7 Å². The maximum atomic E-state index is 11.7. The van der Waals surface area contributed by atoms with Crippen molar-refractivity contribution in [2.45, 2.75) is 44.9 Å². The van der Waals surface area contributed by atoms with E-state index in [1.54, 1.807) is 13.2 Å².